The molecule has 23 heavy (non-hydrogen) atoms. The lowest BCUT2D eigenvalue weighted by Gasteiger charge is -2.34. The van der Waals surface area contributed by atoms with Crippen LogP contribution in [0.2, 0.25) is 0 Å². The van der Waals surface area contributed by atoms with E-state index in [4.69, 9.17) is 4.74 Å². The predicted molar refractivity (Wildman–Crippen MR) is 92.2 cm³/mol. The first-order valence-electron chi connectivity index (χ1n) is 7.37. The van der Waals surface area contributed by atoms with Gasteiger partial charge in [0.25, 0.3) is 0 Å². The van der Waals surface area contributed by atoms with Crippen molar-refractivity contribution in [1.82, 2.24) is 8.87 Å². The summed E-state index contributed by atoms with van der Waals surface area (Å²) >= 11 is 3.34. The summed E-state index contributed by atoms with van der Waals surface area (Å²) in [7, 11) is -2.16. The number of rotatable bonds is 3. The van der Waals surface area contributed by atoms with E-state index in [-0.39, 0.29) is 10.9 Å². The molecule has 0 saturated carbocycles. The van der Waals surface area contributed by atoms with Gasteiger partial charge in [-0.3, -0.25) is 0 Å². The zero-order chi connectivity index (χ0) is 16.8. The van der Waals surface area contributed by atoms with Crippen LogP contribution in [0.25, 0.3) is 0 Å². The van der Waals surface area contributed by atoms with Crippen molar-refractivity contribution < 1.29 is 13.2 Å². The Labute approximate surface area is 145 Å². The van der Waals surface area contributed by atoms with Gasteiger partial charge in [0.15, 0.2) is 0 Å². The Bertz CT molecular complexity index is 845. The maximum Gasteiger partial charge on any atom is 0.247 e. The van der Waals surface area contributed by atoms with Gasteiger partial charge in [0.2, 0.25) is 10.0 Å². The molecule has 2 heterocycles. The standard InChI is InChI=1S/C16H19BrN2O3S/c1-11-4-6-14-12(2)19(9-8-18(11)14)23(20,21)16-10-13(17)5-7-15(16)22-3/h4-7,10,12H,8-9H2,1-3H3/t12-/m0/s1. The van der Waals surface area contributed by atoms with Crippen molar-refractivity contribution in [2.45, 2.75) is 31.3 Å². The van der Waals surface area contributed by atoms with Crippen molar-refractivity contribution in [3.8, 4) is 5.75 Å². The Morgan fingerprint density at radius 2 is 1.96 bits per heavy atom. The molecule has 0 N–H and O–H groups in total. The first-order valence-corrected chi connectivity index (χ1v) is 9.61. The van der Waals surface area contributed by atoms with E-state index in [1.807, 2.05) is 26.0 Å². The Morgan fingerprint density at radius 3 is 2.65 bits per heavy atom. The Morgan fingerprint density at radius 1 is 1.22 bits per heavy atom. The highest BCUT2D eigenvalue weighted by atomic mass is 79.9. The fraction of sp³-hybridized carbons (Fsp3) is 0.375. The SMILES string of the molecule is COc1ccc(Br)cc1S(=O)(=O)N1CCn2c(C)ccc2[C@@H]1C. The lowest BCUT2D eigenvalue weighted by Crippen LogP contribution is -2.41. The van der Waals surface area contributed by atoms with Gasteiger partial charge in [-0.15, -0.1) is 0 Å². The van der Waals surface area contributed by atoms with Crippen LogP contribution in [0.5, 0.6) is 5.75 Å². The van der Waals surface area contributed by atoms with E-state index in [2.05, 4.69) is 20.5 Å². The summed E-state index contributed by atoms with van der Waals surface area (Å²) in [6.07, 6.45) is 0. The molecule has 0 unspecified atom stereocenters. The number of aryl methyl sites for hydroxylation is 1. The molecule has 7 heteroatoms. The largest absolute Gasteiger partial charge is 0.495 e. The van der Waals surface area contributed by atoms with E-state index in [0.717, 1.165) is 11.4 Å². The van der Waals surface area contributed by atoms with Crippen LogP contribution in [0.15, 0.2) is 39.7 Å². The van der Waals surface area contributed by atoms with Crippen molar-refractivity contribution in [3.63, 3.8) is 0 Å². The Kier molecular flexibility index (Phi) is 4.29. The van der Waals surface area contributed by atoms with Crippen LogP contribution in [0.3, 0.4) is 0 Å². The second kappa shape index (κ2) is 5.96. The third-order valence-electron chi connectivity index (χ3n) is 4.35. The summed E-state index contributed by atoms with van der Waals surface area (Å²) < 4.78 is 36.0. The van der Waals surface area contributed by atoms with Crippen LogP contribution in [-0.4, -0.2) is 30.9 Å². The van der Waals surface area contributed by atoms with Crippen LogP contribution in [0.1, 0.15) is 24.4 Å². The van der Waals surface area contributed by atoms with Crippen molar-refractivity contribution in [2.75, 3.05) is 13.7 Å². The van der Waals surface area contributed by atoms with Crippen molar-refractivity contribution in [3.05, 3.63) is 46.2 Å². The molecular weight excluding hydrogens is 380 g/mol. The molecular formula is C16H19BrN2O3S. The zero-order valence-corrected chi connectivity index (χ0v) is 15.7. The molecule has 5 nitrogen and oxygen atoms in total. The van der Waals surface area contributed by atoms with E-state index >= 15 is 0 Å². The van der Waals surface area contributed by atoms with E-state index in [1.165, 1.54) is 7.11 Å². The number of benzene rings is 1. The molecule has 1 aromatic heterocycles. The van der Waals surface area contributed by atoms with Gasteiger partial charge in [-0.25, -0.2) is 8.42 Å². The molecule has 0 aliphatic carbocycles. The number of halogens is 1. The van der Waals surface area contributed by atoms with Gasteiger partial charge in [0.1, 0.15) is 10.6 Å². The fourth-order valence-corrected chi connectivity index (χ4v) is 5.40. The summed E-state index contributed by atoms with van der Waals surface area (Å²) in [5.74, 6) is 0.359. The maximum absolute atomic E-state index is 13.2. The molecule has 0 spiro atoms. The van der Waals surface area contributed by atoms with Crippen LogP contribution < -0.4 is 4.74 Å². The summed E-state index contributed by atoms with van der Waals surface area (Å²) in [6.45, 7) is 5.07. The smallest absolute Gasteiger partial charge is 0.247 e. The average Bonchev–Trinajstić information content (AvgIpc) is 2.90. The zero-order valence-electron chi connectivity index (χ0n) is 13.3. The molecule has 0 saturated heterocycles. The second-order valence-electron chi connectivity index (χ2n) is 5.64. The number of methoxy groups -OCH3 is 1. The highest BCUT2D eigenvalue weighted by Gasteiger charge is 2.36. The minimum Gasteiger partial charge on any atom is -0.495 e. The first-order chi connectivity index (χ1) is 10.9. The van der Waals surface area contributed by atoms with Gasteiger partial charge >= 0.3 is 0 Å². The third kappa shape index (κ3) is 2.70. The normalized spacial score (nSPS) is 18.7. The van der Waals surface area contributed by atoms with Gasteiger partial charge in [-0.1, -0.05) is 15.9 Å². The third-order valence-corrected chi connectivity index (χ3v) is 6.83. The van der Waals surface area contributed by atoms with E-state index in [0.29, 0.717) is 23.3 Å². The monoisotopic (exact) mass is 398 g/mol. The summed E-state index contributed by atoms with van der Waals surface area (Å²) in [6, 6.07) is 8.84. The van der Waals surface area contributed by atoms with E-state index in [1.54, 1.807) is 22.5 Å². The van der Waals surface area contributed by atoms with Gasteiger partial charge in [-0.2, -0.15) is 4.31 Å². The minimum atomic E-state index is -3.64. The Balaban J connectivity index is 2.06. The molecule has 0 amide bonds. The molecule has 1 aliphatic heterocycles. The summed E-state index contributed by atoms with van der Waals surface area (Å²) in [5.41, 5.74) is 2.18. The molecule has 1 aromatic carbocycles. The summed E-state index contributed by atoms with van der Waals surface area (Å²) in [5, 5.41) is 0. The predicted octanol–water partition coefficient (Wildman–Crippen LogP) is 3.33. The first kappa shape index (κ1) is 16.5. The number of fused-ring (bicyclic) bond motifs is 1. The highest BCUT2D eigenvalue weighted by Crippen LogP contribution is 2.36. The van der Waals surface area contributed by atoms with Crippen LogP contribution >= 0.6 is 15.9 Å². The molecule has 2 aromatic rings. The van der Waals surface area contributed by atoms with Crippen LogP contribution in [0.4, 0.5) is 0 Å². The molecule has 1 atom stereocenters. The molecule has 3 rings (SSSR count). The molecule has 1 aliphatic rings. The fourth-order valence-electron chi connectivity index (χ4n) is 3.11. The van der Waals surface area contributed by atoms with Crippen LogP contribution in [-0.2, 0) is 16.6 Å². The molecule has 0 bridgehead atoms. The lowest BCUT2D eigenvalue weighted by molar-refractivity contribution is 0.279. The lowest BCUT2D eigenvalue weighted by atomic mass is 10.2. The maximum atomic E-state index is 13.2. The molecule has 0 fully saturated rings. The number of ether oxygens (including phenoxy) is 1. The summed E-state index contributed by atoms with van der Waals surface area (Å²) in [4.78, 5) is 0.193. The number of hydrogen-bond donors (Lipinski definition) is 0. The van der Waals surface area contributed by atoms with Crippen molar-refractivity contribution in [2.24, 2.45) is 0 Å². The van der Waals surface area contributed by atoms with Gasteiger partial charge in [0, 0.05) is 29.0 Å². The van der Waals surface area contributed by atoms with Crippen molar-refractivity contribution in [1.29, 1.82) is 0 Å². The van der Waals surface area contributed by atoms with E-state index in [9.17, 15) is 8.42 Å². The number of sulfonamides is 1. The second-order valence-corrected chi connectivity index (χ2v) is 8.41. The number of hydrogen-bond acceptors (Lipinski definition) is 3. The quantitative estimate of drug-likeness (QED) is 0.796. The van der Waals surface area contributed by atoms with Gasteiger partial charge < -0.3 is 9.30 Å². The average molecular weight is 399 g/mol. The van der Waals surface area contributed by atoms with E-state index < -0.39 is 10.0 Å². The van der Waals surface area contributed by atoms with Gasteiger partial charge in [0.05, 0.1) is 13.2 Å². The van der Waals surface area contributed by atoms with Crippen LogP contribution in [0, 0.1) is 6.92 Å². The number of aromatic nitrogens is 1. The molecule has 124 valence electrons. The highest BCUT2D eigenvalue weighted by molar-refractivity contribution is 9.10. The number of nitrogens with zero attached hydrogens (tertiary/aromatic N) is 2. The van der Waals surface area contributed by atoms with Crippen molar-refractivity contribution >= 4 is 26.0 Å². The molecule has 0 radical (unpaired) electrons. The minimum absolute atomic E-state index is 0.193. The topological polar surface area (TPSA) is 51.5 Å². The Hall–Kier alpha value is -1.31. The van der Waals surface area contributed by atoms with Gasteiger partial charge in [-0.05, 0) is 44.2 Å².